The number of likely N-dealkylation sites (tertiary alicyclic amines) is 1. The molecule has 110 valence electrons. The Hall–Kier alpha value is -0.770. The normalized spacial score (nSPS) is 23.3. The summed E-state index contributed by atoms with van der Waals surface area (Å²) in [6, 6.07) is 0. The summed E-state index contributed by atoms with van der Waals surface area (Å²) in [6.45, 7) is 10.4. The fraction of sp³-hybridized carbons (Fsp3) is 0.933. The van der Waals surface area contributed by atoms with Crippen LogP contribution >= 0.6 is 0 Å². The summed E-state index contributed by atoms with van der Waals surface area (Å²) in [4.78, 5) is 13.7. The molecule has 4 nitrogen and oxygen atoms in total. The van der Waals surface area contributed by atoms with E-state index in [1.165, 1.54) is 12.8 Å². The van der Waals surface area contributed by atoms with Crippen molar-refractivity contribution in [1.29, 1.82) is 0 Å². The van der Waals surface area contributed by atoms with Gasteiger partial charge < -0.3 is 14.4 Å². The standard InChI is InChI=1S/C15H27NO3/c1-14(2,3)19-13(17)16-9-5-12(6-10-16)18-11-15(4)7-8-15/h12H,5-11H2,1-4H3. The quantitative estimate of drug-likeness (QED) is 0.789. The fourth-order valence-electron chi connectivity index (χ4n) is 2.21. The average molecular weight is 269 g/mol. The van der Waals surface area contributed by atoms with Gasteiger partial charge in [-0.2, -0.15) is 0 Å². The third-order valence-corrected chi connectivity index (χ3v) is 3.86. The summed E-state index contributed by atoms with van der Waals surface area (Å²) in [5.41, 5.74) is 0.0350. The number of hydrogen-bond donors (Lipinski definition) is 0. The smallest absolute Gasteiger partial charge is 0.410 e. The van der Waals surface area contributed by atoms with Gasteiger partial charge in [0.05, 0.1) is 12.7 Å². The highest BCUT2D eigenvalue weighted by atomic mass is 16.6. The van der Waals surface area contributed by atoms with E-state index in [4.69, 9.17) is 9.47 Å². The van der Waals surface area contributed by atoms with Crippen molar-refractivity contribution in [1.82, 2.24) is 4.90 Å². The van der Waals surface area contributed by atoms with Crippen LogP contribution in [0.25, 0.3) is 0 Å². The molecule has 4 heteroatoms. The molecule has 0 N–H and O–H groups in total. The largest absolute Gasteiger partial charge is 0.444 e. The van der Waals surface area contributed by atoms with Crippen LogP contribution in [0.15, 0.2) is 0 Å². The Balaban J connectivity index is 1.68. The first-order valence-corrected chi connectivity index (χ1v) is 7.37. The zero-order valence-corrected chi connectivity index (χ0v) is 12.7. The van der Waals surface area contributed by atoms with Gasteiger partial charge in [-0.15, -0.1) is 0 Å². The minimum absolute atomic E-state index is 0.194. The molecular weight excluding hydrogens is 242 g/mol. The van der Waals surface area contributed by atoms with Crippen molar-refractivity contribution in [2.75, 3.05) is 19.7 Å². The minimum Gasteiger partial charge on any atom is -0.444 e. The Kier molecular flexibility index (Phi) is 4.09. The van der Waals surface area contributed by atoms with Crippen molar-refractivity contribution in [2.24, 2.45) is 5.41 Å². The van der Waals surface area contributed by atoms with Crippen molar-refractivity contribution in [3.8, 4) is 0 Å². The third kappa shape index (κ3) is 4.68. The molecule has 0 atom stereocenters. The topological polar surface area (TPSA) is 38.8 Å². The molecule has 0 aromatic rings. The molecular formula is C15H27NO3. The Labute approximate surface area is 116 Å². The summed E-state index contributed by atoms with van der Waals surface area (Å²) in [6.07, 6.45) is 4.56. The van der Waals surface area contributed by atoms with Gasteiger partial charge in [-0.1, -0.05) is 6.92 Å². The molecule has 0 radical (unpaired) electrons. The lowest BCUT2D eigenvalue weighted by Gasteiger charge is -2.33. The molecule has 1 aliphatic carbocycles. The molecule has 1 saturated heterocycles. The summed E-state index contributed by atoms with van der Waals surface area (Å²) < 4.78 is 11.3. The average Bonchev–Trinajstić information content (AvgIpc) is 3.04. The van der Waals surface area contributed by atoms with Crippen molar-refractivity contribution in [3.05, 3.63) is 0 Å². The van der Waals surface area contributed by atoms with E-state index < -0.39 is 5.60 Å². The van der Waals surface area contributed by atoms with E-state index >= 15 is 0 Å². The summed E-state index contributed by atoms with van der Waals surface area (Å²) >= 11 is 0. The Morgan fingerprint density at radius 3 is 2.32 bits per heavy atom. The van der Waals surface area contributed by atoms with E-state index in [2.05, 4.69) is 6.92 Å². The highest BCUT2D eigenvalue weighted by molar-refractivity contribution is 5.68. The van der Waals surface area contributed by atoms with Crippen LogP contribution in [-0.4, -0.2) is 42.4 Å². The monoisotopic (exact) mass is 269 g/mol. The number of nitrogens with zero attached hydrogens (tertiary/aromatic N) is 1. The summed E-state index contributed by atoms with van der Waals surface area (Å²) in [5, 5.41) is 0. The first-order valence-electron chi connectivity index (χ1n) is 7.37. The molecule has 0 aromatic carbocycles. The van der Waals surface area contributed by atoms with E-state index in [9.17, 15) is 4.79 Å². The second kappa shape index (κ2) is 5.31. The van der Waals surface area contributed by atoms with Crippen LogP contribution in [0, 0.1) is 5.41 Å². The molecule has 0 unspecified atom stereocenters. The van der Waals surface area contributed by atoms with Crippen LogP contribution in [0.1, 0.15) is 53.4 Å². The first kappa shape index (κ1) is 14.6. The van der Waals surface area contributed by atoms with Crippen LogP contribution in [0.2, 0.25) is 0 Å². The first-order chi connectivity index (χ1) is 8.77. The van der Waals surface area contributed by atoms with Gasteiger partial charge in [0.25, 0.3) is 0 Å². The summed E-state index contributed by atoms with van der Waals surface area (Å²) in [7, 11) is 0. The van der Waals surface area contributed by atoms with E-state index in [-0.39, 0.29) is 6.09 Å². The van der Waals surface area contributed by atoms with Crippen LogP contribution < -0.4 is 0 Å². The van der Waals surface area contributed by atoms with Crippen molar-refractivity contribution in [2.45, 2.75) is 65.1 Å². The van der Waals surface area contributed by atoms with Gasteiger partial charge in [0.15, 0.2) is 0 Å². The SMILES string of the molecule is CC1(COC2CCN(C(=O)OC(C)(C)C)CC2)CC1. The zero-order chi connectivity index (χ0) is 14.1. The van der Waals surface area contributed by atoms with E-state index in [1.54, 1.807) is 4.90 Å². The number of carbonyl (C=O) groups is 1. The molecule has 0 bridgehead atoms. The maximum atomic E-state index is 11.9. The van der Waals surface area contributed by atoms with Crippen LogP contribution in [-0.2, 0) is 9.47 Å². The zero-order valence-electron chi connectivity index (χ0n) is 12.7. The molecule has 1 aliphatic heterocycles. The highest BCUT2D eigenvalue weighted by Gasteiger charge is 2.38. The molecule has 2 rings (SSSR count). The van der Waals surface area contributed by atoms with Crippen molar-refractivity contribution in [3.63, 3.8) is 0 Å². The number of carbonyl (C=O) groups excluding carboxylic acids is 1. The predicted molar refractivity (Wildman–Crippen MR) is 74.1 cm³/mol. The minimum atomic E-state index is -0.412. The maximum Gasteiger partial charge on any atom is 0.410 e. The highest BCUT2D eigenvalue weighted by Crippen LogP contribution is 2.45. The molecule has 0 aromatic heterocycles. The number of ether oxygens (including phenoxy) is 2. The molecule has 1 heterocycles. The van der Waals surface area contributed by atoms with E-state index in [1.807, 2.05) is 20.8 Å². The third-order valence-electron chi connectivity index (χ3n) is 3.86. The molecule has 1 saturated carbocycles. The van der Waals surface area contributed by atoms with Crippen LogP contribution in [0.3, 0.4) is 0 Å². The van der Waals surface area contributed by atoms with Gasteiger partial charge in [-0.25, -0.2) is 4.79 Å². The molecule has 19 heavy (non-hydrogen) atoms. The lowest BCUT2D eigenvalue weighted by molar-refractivity contribution is -0.0223. The van der Waals surface area contributed by atoms with E-state index in [0.29, 0.717) is 11.5 Å². The Morgan fingerprint density at radius 1 is 1.26 bits per heavy atom. The van der Waals surface area contributed by atoms with Gasteiger partial charge in [-0.05, 0) is 51.9 Å². The molecule has 2 aliphatic rings. The van der Waals surface area contributed by atoms with Crippen LogP contribution in [0.4, 0.5) is 4.79 Å². The molecule has 0 spiro atoms. The summed E-state index contributed by atoms with van der Waals surface area (Å²) in [5.74, 6) is 0. The Morgan fingerprint density at radius 2 is 1.84 bits per heavy atom. The number of rotatable bonds is 3. The van der Waals surface area contributed by atoms with Crippen molar-refractivity contribution >= 4 is 6.09 Å². The van der Waals surface area contributed by atoms with E-state index in [0.717, 1.165) is 32.5 Å². The fourth-order valence-corrected chi connectivity index (χ4v) is 2.21. The second-order valence-electron chi connectivity index (χ2n) is 7.29. The van der Waals surface area contributed by atoms with Gasteiger partial charge in [-0.3, -0.25) is 0 Å². The second-order valence-corrected chi connectivity index (χ2v) is 7.29. The predicted octanol–water partition coefficient (Wildman–Crippen LogP) is 3.20. The number of amides is 1. The van der Waals surface area contributed by atoms with Crippen molar-refractivity contribution < 1.29 is 14.3 Å². The lowest BCUT2D eigenvalue weighted by atomic mass is 10.1. The van der Waals surface area contributed by atoms with Gasteiger partial charge in [0.1, 0.15) is 5.60 Å². The maximum absolute atomic E-state index is 11.9. The van der Waals surface area contributed by atoms with Gasteiger partial charge in [0, 0.05) is 13.1 Å². The Bertz CT molecular complexity index is 323. The number of hydrogen-bond acceptors (Lipinski definition) is 3. The lowest BCUT2D eigenvalue weighted by Crippen LogP contribution is -2.43. The van der Waals surface area contributed by atoms with Gasteiger partial charge in [0.2, 0.25) is 0 Å². The molecule has 2 fully saturated rings. The molecule has 1 amide bonds. The van der Waals surface area contributed by atoms with Crippen LogP contribution in [0.5, 0.6) is 0 Å². The van der Waals surface area contributed by atoms with Gasteiger partial charge >= 0.3 is 6.09 Å². The number of piperidine rings is 1.